The smallest absolute Gasteiger partial charge is 0.462 e. The minimum Gasteiger partial charge on any atom is -0.462 e. The predicted octanol–water partition coefficient (Wildman–Crippen LogP) is 10.3. The van der Waals surface area contributed by atoms with Gasteiger partial charge in [-0.2, -0.15) is 0 Å². The second kappa shape index (κ2) is 40.8. The highest BCUT2D eigenvalue weighted by molar-refractivity contribution is 7.47. The van der Waals surface area contributed by atoms with Crippen LogP contribution >= 0.6 is 15.6 Å². The van der Waals surface area contributed by atoms with E-state index < -0.39 is 96.4 Å². The van der Waals surface area contributed by atoms with Crippen LogP contribution in [-0.2, 0) is 46.6 Å². The van der Waals surface area contributed by atoms with Crippen molar-refractivity contribution in [1.82, 2.24) is 0 Å². The maximum Gasteiger partial charge on any atom is 0.472 e. The molecule has 1 rings (SSSR count). The van der Waals surface area contributed by atoms with E-state index >= 15 is 0 Å². The van der Waals surface area contributed by atoms with Gasteiger partial charge in [0, 0.05) is 43.9 Å². The Kier molecular flexibility index (Phi) is 38.7. The van der Waals surface area contributed by atoms with Crippen LogP contribution in [0.1, 0.15) is 220 Å². The Hall–Kier alpha value is -1.59. The Labute approximate surface area is 420 Å². The van der Waals surface area contributed by atoms with Crippen molar-refractivity contribution in [2.24, 2.45) is 17.8 Å². The summed E-state index contributed by atoms with van der Waals surface area (Å²) in [5.74, 6) is -1.55. The van der Waals surface area contributed by atoms with Crippen molar-refractivity contribution in [3.05, 3.63) is 12.2 Å². The van der Waals surface area contributed by atoms with Crippen LogP contribution in [0, 0.1) is 17.8 Å². The van der Waals surface area contributed by atoms with Crippen molar-refractivity contribution in [1.29, 1.82) is 0 Å². The number of Topliss-reactive ketones (excluding diaryl/α,β-unsaturated/α-hetero) is 1. The Morgan fingerprint density at radius 3 is 1.64 bits per heavy atom. The molecule has 7 N–H and O–H groups in total. The summed E-state index contributed by atoms with van der Waals surface area (Å²) in [6.45, 7) is 3.66. The average Bonchev–Trinajstić information content (AvgIpc) is 3.57. The van der Waals surface area contributed by atoms with Gasteiger partial charge in [-0.15, -0.1) is 0 Å². The van der Waals surface area contributed by atoms with Crippen molar-refractivity contribution < 1.29 is 81.7 Å². The van der Waals surface area contributed by atoms with Gasteiger partial charge in [-0.05, 0) is 31.6 Å². The zero-order valence-corrected chi connectivity index (χ0v) is 44.9. The Bertz CT molecular complexity index is 1480. The second-order valence-corrected chi connectivity index (χ2v) is 22.4. The summed E-state index contributed by atoms with van der Waals surface area (Å²) in [7, 11) is -9.81. The minimum absolute atomic E-state index is 0.0362. The van der Waals surface area contributed by atoms with Gasteiger partial charge in [0.15, 0.2) is 6.10 Å². The van der Waals surface area contributed by atoms with Crippen molar-refractivity contribution in [2.45, 2.75) is 250 Å². The first-order valence-corrected chi connectivity index (χ1v) is 30.0. The van der Waals surface area contributed by atoms with Gasteiger partial charge >= 0.3 is 27.6 Å². The molecule has 0 saturated heterocycles. The molecule has 0 aromatic rings. The van der Waals surface area contributed by atoms with Crippen LogP contribution in [0.3, 0.4) is 0 Å². The molecule has 2 unspecified atom stereocenters. The maximum atomic E-state index is 12.9. The van der Waals surface area contributed by atoms with Gasteiger partial charge in [-0.1, -0.05) is 174 Å². The molecule has 17 nitrogen and oxygen atoms in total. The highest BCUT2D eigenvalue weighted by Crippen LogP contribution is 2.44. The first-order valence-electron chi connectivity index (χ1n) is 26.9. The highest BCUT2D eigenvalue weighted by Gasteiger charge is 2.41. The molecule has 0 spiro atoms. The Morgan fingerprint density at radius 2 is 1.09 bits per heavy atom. The number of rotatable bonds is 47. The third-order valence-corrected chi connectivity index (χ3v) is 14.6. The molecule has 1 aliphatic rings. The van der Waals surface area contributed by atoms with Gasteiger partial charge in [0.1, 0.15) is 18.5 Å². The Morgan fingerprint density at radius 1 is 0.600 bits per heavy atom. The number of hydrogen-bond donors (Lipinski definition) is 7. The van der Waals surface area contributed by atoms with Crippen molar-refractivity contribution in [3.8, 4) is 0 Å². The fourth-order valence-electron chi connectivity index (χ4n) is 8.62. The van der Waals surface area contributed by atoms with Crippen LogP contribution in [-0.4, -0.2) is 110 Å². The lowest BCUT2D eigenvalue weighted by atomic mass is 9.87. The first kappa shape index (κ1) is 66.4. The van der Waals surface area contributed by atoms with E-state index in [-0.39, 0.29) is 44.3 Å². The summed E-state index contributed by atoms with van der Waals surface area (Å²) in [6.07, 6.45) is 26.8. The molecule has 1 fully saturated rings. The third-order valence-electron chi connectivity index (χ3n) is 13.2. The molecule has 0 bridgehead atoms. The number of phosphoric acid groups is 2. The van der Waals surface area contributed by atoms with Gasteiger partial charge in [-0.25, -0.2) is 9.13 Å². The molecule has 0 aromatic carbocycles. The average molecular weight is 1040 g/mol. The molecule has 0 radical (unpaired) electrons. The van der Waals surface area contributed by atoms with Crippen LogP contribution in [0.4, 0.5) is 0 Å². The van der Waals surface area contributed by atoms with E-state index in [1.54, 1.807) is 12.2 Å². The van der Waals surface area contributed by atoms with Gasteiger partial charge in [0.05, 0.1) is 38.1 Å². The van der Waals surface area contributed by atoms with Crippen LogP contribution in [0.25, 0.3) is 0 Å². The van der Waals surface area contributed by atoms with E-state index in [1.165, 1.54) is 96.3 Å². The number of aliphatic hydroxyl groups excluding tert-OH is 4. The second-order valence-electron chi connectivity index (χ2n) is 19.7. The van der Waals surface area contributed by atoms with E-state index in [1.807, 2.05) is 0 Å². The van der Waals surface area contributed by atoms with Gasteiger partial charge in [0.25, 0.3) is 0 Å². The lowest BCUT2D eigenvalue weighted by molar-refractivity contribution is -0.161. The van der Waals surface area contributed by atoms with Gasteiger partial charge in [-0.3, -0.25) is 28.0 Å². The number of aliphatic hydroxyl groups is 4. The first-order chi connectivity index (χ1) is 33.4. The summed E-state index contributed by atoms with van der Waals surface area (Å²) in [4.78, 5) is 66.1. The molecule has 412 valence electrons. The standard InChI is InChI=1S/C51H96O17P2/c1-4-6-23-29-42(52)33-34-46-47(49(56)36-48(46)55)35-43(53)30-26-27-31-50(57)64-39-45(40-67-70(62,63)66-38-44(54)37-65-69(59,60)61)68-51(58)32-25-22-20-18-16-14-12-10-8-7-9-11-13-15-17-19-21-24-28-41(3)5-2/h33-34,41-42,44-49,52,54-56H,4-32,35-40H2,1-3H3,(H,62,63)(H2,59,60,61)/b34-33+/t41?,42-,44-,45+,46+,47+,48+,49-/m0/s1. The van der Waals surface area contributed by atoms with E-state index in [9.17, 15) is 48.8 Å². The maximum absolute atomic E-state index is 12.9. The number of unbranched alkanes of at least 4 members (excludes halogenated alkanes) is 20. The molecule has 0 aromatic heterocycles. The lowest BCUT2D eigenvalue weighted by Crippen LogP contribution is -2.30. The quantitative estimate of drug-likeness (QED) is 0.0129. The molecule has 70 heavy (non-hydrogen) atoms. The van der Waals surface area contributed by atoms with E-state index in [4.69, 9.17) is 23.8 Å². The molecule has 0 aliphatic heterocycles. The molecule has 9 atom stereocenters. The van der Waals surface area contributed by atoms with E-state index in [2.05, 4.69) is 29.8 Å². The number of carbonyl (C=O) groups is 3. The summed E-state index contributed by atoms with van der Waals surface area (Å²) in [5, 5.41) is 41.2. The molecule has 1 aliphatic carbocycles. The number of hydrogen-bond acceptors (Lipinski definition) is 14. The third kappa shape index (κ3) is 37.2. The SMILES string of the molecule is CCCCC[C@H](O)/C=C/[C@@H]1[C@@H](CC(=O)CCCCC(=O)OC[C@H](COP(=O)(O)OC[C@@H](O)COP(=O)(O)O)OC(=O)CCCCCCCCCCCCCCCCCCCCC(C)CC)[C@@H](O)C[C@H]1O. The fraction of sp³-hybridized carbons (Fsp3) is 0.902. The molecule has 1 saturated carbocycles. The van der Waals surface area contributed by atoms with E-state index in [0.29, 0.717) is 19.3 Å². The zero-order chi connectivity index (χ0) is 52.0. The fourth-order valence-corrected chi connectivity index (χ4v) is 9.77. The summed E-state index contributed by atoms with van der Waals surface area (Å²) < 4.78 is 47.9. The van der Waals surface area contributed by atoms with Crippen molar-refractivity contribution in [2.75, 3.05) is 26.4 Å². The van der Waals surface area contributed by atoms with Crippen LogP contribution < -0.4 is 0 Å². The van der Waals surface area contributed by atoms with Crippen molar-refractivity contribution >= 4 is 33.4 Å². The zero-order valence-electron chi connectivity index (χ0n) is 43.1. The normalized spacial score (nSPS) is 20.0. The topological polar surface area (TPSA) is 273 Å². The van der Waals surface area contributed by atoms with E-state index in [0.717, 1.165) is 50.9 Å². The van der Waals surface area contributed by atoms with Gasteiger partial charge in [0.2, 0.25) is 0 Å². The monoisotopic (exact) mass is 1040 g/mol. The molecule has 19 heteroatoms. The number of esters is 2. The number of phosphoric ester groups is 2. The summed E-state index contributed by atoms with van der Waals surface area (Å²) in [6, 6.07) is 0. The van der Waals surface area contributed by atoms with Gasteiger partial charge < -0.3 is 44.6 Å². The predicted molar refractivity (Wildman–Crippen MR) is 269 cm³/mol. The number of carbonyl (C=O) groups excluding carboxylic acids is 3. The molecule has 0 heterocycles. The minimum atomic E-state index is -4.91. The molecular weight excluding hydrogens is 946 g/mol. The van der Waals surface area contributed by atoms with Crippen LogP contribution in [0.15, 0.2) is 12.2 Å². The van der Waals surface area contributed by atoms with Crippen molar-refractivity contribution in [3.63, 3.8) is 0 Å². The molecular formula is C51H96O17P2. The Balaban J connectivity index is 2.45. The largest absolute Gasteiger partial charge is 0.472 e. The highest BCUT2D eigenvalue weighted by atomic mass is 31.2. The van der Waals surface area contributed by atoms with Crippen LogP contribution in [0.2, 0.25) is 0 Å². The van der Waals surface area contributed by atoms with Crippen LogP contribution in [0.5, 0.6) is 0 Å². The molecule has 0 amide bonds. The number of ketones is 1. The number of ether oxygens (including phenoxy) is 2. The lowest BCUT2D eigenvalue weighted by Gasteiger charge is -2.21. The summed E-state index contributed by atoms with van der Waals surface area (Å²) >= 11 is 0. The summed E-state index contributed by atoms with van der Waals surface area (Å²) in [5.41, 5.74) is 0.